The largest absolute Gasteiger partial charge is 0.416 e. The number of benzene rings is 3. The van der Waals surface area contributed by atoms with E-state index in [1.807, 2.05) is 37.3 Å². The van der Waals surface area contributed by atoms with Crippen LogP contribution < -0.4 is 5.32 Å². The summed E-state index contributed by atoms with van der Waals surface area (Å²) < 4.78 is 75.0. The van der Waals surface area contributed by atoms with Crippen molar-refractivity contribution in [3.8, 4) is 11.3 Å². The van der Waals surface area contributed by atoms with Crippen LogP contribution in [0.2, 0.25) is 0 Å². The molecule has 2 saturated heterocycles. The summed E-state index contributed by atoms with van der Waals surface area (Å²) in [6.07, 6.45) is -2.83. The molecule has 266 valence electrons. The molecule has 8 nitrogen and oxygen atoms in total. The number of pyridine rings is 1. The first-order valence-corrected chi connectivity index (χ1v) is 18.7. The molecule has 2 aliphatic rings. The van der Waals surface area contributed by atoms with Crippen molar-refractivity contribution in [1.82, 2.24) is 20.1 Å². The molecule has 3 aromatic carbocycles. The lowest BCUT2D eigenvalue weighted by Gasteiger charge is -2.40. The summed E-state index contributed by atoms with van der Waals surface area (Å²) in [5, 5.41) is 2.63. The van der Waals surface area contributed by atoms with Gasteiger partial charge in [-0.2, -0.15) is 13.2 Å². The van der Waals surface area contributed by atoms with Gasteiger partial charge in [0.25, 0.3) is 5.91 Å². The molecule has 1 aromatic heterocycles. The monoisotopic (exact) mass is 708 g/mol. The Kier molecular flexibility index (Phi) is 10.6. The van der Waals surface area contributed by atoms with E-state index in [0.29, 0.717) is 43.3 Å². The predicted molar refractivity (Wildman–Crippen MR) is 188 cm³/mol. The molecule has 1 amide bonds. The van der Waals surface area contributed by atoms with Crippen LogP contribution >= 0.6 is 0 Å². The average Bonchev–Trinajstić information content (AvgIpc) is 3.11. The summed E-state index contributed by atoms with van der Waals surface area (Å²) >= 11 is 0. The van der Waals surface area contributed by atoms with Crippen molar-refractivity contribution < 1.29 is 31.1 Å². The number of fused-ring (bicyclic) bond motifs is 1. The average molecular weight is 709 g/mol. The Balaban J connectivity index is 1.53. The van der Waals surface area contributed by atoms with Gasteiger partial charge in [-0.3, -0.25) is 14.6 Å². The van der Waals surface area contributed by atoms with Gasteiger partial charge in [-0.15, -0.1) is 0 Å². The first-order valence-electron chi connectivity index (χ1n) is 17.1. The van der Waals surface area contributed by atoms with Crippen molar-refractivity contribution in [1.29, 1.82) is 0 Å². The quantitative estimate of drug-likeness (QED) is 0.203. The molecule has 1 N–H and O–H groups in total. The van der Waals surface area contributed by atoms with Crippen molar-refractivity contribution in [2.75, 3.05) is 39.4 Å². The number of para-hydroxylation sites is 1. The number of nitrogens with zero attached hydrogens (tertiary/aromatic N) is 3. The van der Waals surface area contributed by atoms with Crippen LogP contribution in [0.5, 0.6) is 0 Å². The highest BCUT2D eigenvalue weighted by atomic mass is 32.2. The van der Waals surface area contributed by atoms with E-state index in [2.05, 4.69) is 15.1 Å². The molecule has 2 aliphatic heterocycles. The van der Waals surface area contributed by atoms with E-state index in [0.717, 1.165) is 43.6 Å². The number of likely N-dealkylation sites (tertiary alicyclic amines) is 1. The summed E-state index contributed by atoms with van der Waals surface area (Å²) in [4.78, 5) is 24.0. The summed E-state index contributed by atoms with van der Waals surface area (Å²) in [5.41, 5.74) is 1.04. The van der Waals surface area contributed by atoms with Gasteiger partial charge >= 0.3 is 6.18 Å². The second-order valence-electron chi connectivity index (χ2n) is 13.4. The number of halogens is 3. The number of carbonyl (C=O) groups is 1. The number of carbonyl (C=O) groups excluding carboxylic acids is 1. The van der Waals surface area contributed by atoms with E-state index in [4.69, 9.17) is 9.72 Å². The van der Waals surface area contributed by atoms with Crippen LogP contribution in [0.15, 0.2) is 77.7 Å². The highest BCUT2D eigenvalue weighted by Crippen LogP contribution is 2.38. The summed E-state index contributed by atoms with van der Waals surface area (Å²) in [7, 11) is -3.90. The number of amides is 1. The third-order valence-corrected chi connectivity index (χ3v) is 12.0. The van der Waals surface area contributed by atoms with Crippen LogP contribution in [0.1, 0.15) is 66.7 Å². The number of nitrogens with one attached hydrogen (secondary N) is 1. The van der Waals surface area contributed by atoms with Gasteiger partial charge in [0.15, 0.2) is 9.84 Å². The Hall–Kier alpha value is -3.84. The molecule has 3 heterocycles. The van der Waals surface area contributed by atoms with E-state index in [1.54, 1.807) is 26.0 Å². The van der Waals surface area contributed by atoms with Gasteiger partial charge in [0.05, 0.1) is 51.7 Å². The number of alkyl halides is 3. The van der Waals surface area contributed by atoms with Crippen LogP contribution in [0.3, 0.4) is 0 Å². The Labute approximate surface area is 291 Å². The zero-order valence-electron chi connectivity index (χ0n) is 28.5. The molecule has 1 atom stereocenters. The number of aromatic nitrogens is 1. The second-order valence-corrected chi connectivity index (χ2v) is 15.9. The highest BCUT2D eigenvalue weighted by Gasteiger charge is 2.34. The van der Waals surface area contributed by atoms with Gasteiger partial charge in [-0.05, 0) is 70.5 Å². The Morgan fingerprint density at radius 3 is 2.28 bits per heavy atom. The number of sulfone groups is 1. The fourth-order valence-corrected chi connectivity index (χ4v) is 8.18. The Bertz CT molecular complexity index is 1940. The van der Waals surface area contributed by atoms with E-state index < -0.39 is 38.8 Å². The summed E-state index contributed by atoms with van der Waals surface area (Å²) in [6.45, 7) is 9.82. The lowest BCUT2D eigenvalue weighted by Crippen LogP contribution is -2.48. The highest BCUT2D eigenvalue weighted by molar-refractivity contribution is 7.92. The minimum Gasteiger partial charge on any atom is -0.379 e. The van der Waals surface area contributed by atoms with Crippen molar-refractivity contribution >= 4 is 26.6 Å². The van der Waals surface area contributed by atoms with Crippen molar-refractivity contribution in [3.63, 3.8) is 0 Å². The van der Waals surface area contributed by atoms with Crippen molar-refractivity contribution in [3.05, 3.63) is 95.1 Å². The lowest BCUT2D eigenvalue weighted by molar-refractivity contribution is -0.137. The van der Waals surface area contributed by atoms with Crippen LogP contribution in [-0.2, 0) is 27.3 Å². The molecular weight excluding hydrogens is 666 g/mol. The SMILES string of the molecule is CC(C)S(=O)(=O)c1cccc2c(C(=O)N[C@@H](C)c3ccccc3)c(CN3CCC(N4CCOCC4)CC3)c(-c3cccc(C(F)(F)F)c3)nc12. The Morgan fingerprint density at radius 2 is 1.62 bits per heavy atom. The normalized spacial score (nSPS) is 17.7. The molecule has 0 spiro atoms. The van der Waals surface area contributed by atoms with E-state index >= 15 is 0 Å². The smallest absolute Gasteiger partial charge is 0.379 e. The number of ether oxygens (including phenoxy) is 1. The number of piperidine rings is 1. The van der Waals surface area contributed by atoms with Crippen LogP contribution in [0.25, 0.3) is 22.2 Å². The molecule has 4 aromatic rings. The third kappa shape index (κ3) is 7.58. The number of rotatable bonds is 9. The maximum absolute atomic E-state index is 14.6. The number of morpholine rings is 1. The third-order valence-electron chi connectivity index (χ3n) is 9.85. The van der Waals surface area contributed by atoms with Gasteiger partial charge in [0, 0.05) is 42.2 Å². The van der Waals surface area contributed by atoms with Gasteiger partial charge in [-0.25, -0.2) is 13.4 Å². The minimum atomic E-state index is -4.62. The summed E-state index contributed by atoms with van der Waals surface area (Å²) in [5.74, 6) is -0.459. The van der Waals surface area contributed by atoms with Crippen LogP contribution in [0, 0.1) is 0 Å². The van der Waals surface area contributed by atoms with Crippen molar-refractivity contribution in [2.24, 2.45) is 0 Å². The topological polar surface area (TPSA) is 91.8 Å². The zero-order valence-corrected chi connectivity index (χ0v) is 29.4. The van der Waals surface area contributed by atoms with Gasteiger partial charge in [0.2, 0.25) is 0 Å². The minimum absolute atomic E-state index is 0.0564. The van der Waals surface area contributed by atoms with Gasteiger partial charge in [-0.1, -0.05) is 54.6 Å². The van der Waals surface area contributed by atoms with E-state index in [-0.39, 0.29) is 33.8 Å². The maximum Gasteiger partial charge on any atom is 0.416 e. The molecule has 0 radical (unpaired) electrons. The predicted octanol–water partition coefficient (Wildman–Crippen LogP) is 6.89. The molecule has 2 fully saturated rings. The van der Waals surface area contributed by atoms with Gasteiger partial charge in [0.1, 0.15) is 0 Å². The fraction of sp³-hybridized carbons (Fsp3) is 0.421. The van der Waals surface area contributed by atoms with E-state index in [1.165, 1.54) is 18.2 Å². The van der Waals surface area contributed by atoms with Crippen LogP contribution in [0.4, 0.5) is 13.2 Å². The molecule has 0 unspecified atom stereocenters. The maximum atomic E-state index is 14.6. The lowest BCUT2D eigenvalue weighted by atomic mass is 9.93. The molecule has 0 saturated carbocycles. The fourth-order valence-electron chi connectivity index (χ4n) is 6.98. The standard InChI is InChI=1S/C38H43F3N4O4S/c1-25(2)50(47,48)33-14-8-13-31-34(37(46)42-26(3)27-9-5-4-6-10-27)32(24-44-17-15-30(16-18-44)45-19-21-49-22-20-45)35(43-36(31)33)28-11-7-12-29(23-28)38(39,40)41/h4-14,23,25-26,30H,15-22,24H2,1-3H3,(H,42,46)/t26-/m0/s1. The molecule has 0 aliphatic carbocycles. The molecule has 12 heteroatoms. The first kappa shape index (κ1) is 36.0. The number of hydrogen-bond acceptors (Lipinski definition) is 7. The first-order chi connectivity index (χ1) is 23.8. The van der Waals surface area contributed by atoms with Gasteiger partial charge < -0.3 is 10.1 Å². The van der Waals surface area contributed by atoms with Crippen LogP contribution in [-0.4, -0.2) is 79.8 Å². The molecule has 50 heavy (non-hydrogen) atoms. The number of hydrogen-bond donors (Lipinski definition) is 1. The second kappa shape index (κ2) is 14.8. The Morgan fingerprint density at radius 1 is 0.940 bits per heavy atom. The molecular formula is C38H43F3N4O4S. The zero-order chi connectivity index (χ0) is 35.6. The molecule has 6 rings (SSSR count). The van der Waals surface area contributed by atoms with E-state index in [9.17, 15) is 26.4 Å². The molecule has 0 bridgehead atoms. The van der Waals surface area contributed by atoms with Crippen molar-refractivity contribution in [2.45, 2.75) is 68.6 Å². The summed E-state index contributed by atoms with van der Waals surface area (Å²) in [6, 6.07) is 19.0.